The first kappa shape index (κ1) is 38.6. The van der Waals surface area contributed by atoms with Crippen LogP contribution in [0.2, 0.25) is 0 Å². The molecule has 13 heteroatoms. The summed E-state index contributed by atoms with van der Waals surface area (Å²) in [5, 5.41) is 19.6. The Labute approximate surface area is 284 Å². The molecule has 4 amide bonds. The average Bonchev–Trinajstić information content (AvgIpc) is 3.05. The number of hydrogen-bond donors (Lipinski definition) is 6. The lowest BCUT2D eigenvalue weighted by Crippen LogP contribution is -2.55. The number of anilines is 1. The second-order valence-electron chi connectivity index (χ2n) is 14.0. The van der Waals surface area contributed by atoms with Crippen molar-refractivity contribution in [2.45, 2.75) is 90.3 Å². The summed E-state index contributed by atoms with van der Waals surface area (Å²) in [6, 6.07) is 2.49. The molecule has 1 saturated carbocycles. The molecule has 48 heavy (non-hydrogen) atoms. The summed E-state index contributed by atoms with van der Waals surface area (Å²) >= 11 is 0. The predicted octanol–water partition coefficient (Wildman–Crippen LogP) is 2.71. The van der Waals surface area contributed by atoms with Crippen LogP contribution in [0.4, 0.5) is 10.1 Å². The Morgan fingerprint density at radius 3 is 2.25 bits per heavy atom. The Balaban J connectivity index is 1.84. The maximum absolute atomic E-state index is 15.7. The van der Waals surface area contributed by atoms with Gasteiger partial charge in [0.05, 0.1) is 22.5 Å². The van der Waals surface area contributed by atoms with E-state index in [4.69, 9.17) is 11.1 Å². The summed E-state index contributed by atoms with van der Waals surface area (Å²) in [7, 11) is 3.59. The summed E-state index contributed by atoms with van der Waals surface area (Å²) in [5.41, 5.74) is 5.35. The molecule has 7 N–H and O–H groups in total. The van der Waals surface area contributed by atoms with Crippen LogP contribution in [0.1, 0.15) is 78.2 Å². The van der Waals surface area contributed by atoms with Crippen molar-refractivity contribution < 1.29 is 23.6 Å². The zero-order valence-electron chi connectivity index (χ0n) is 29.5. The summed E-state index contributed by atoms with van der Waals surface area (Å²) in [4.78, 5) is 57.1. The highest BCUT2D eigenvalue weighted by molar-refractivity contribution is 6.24. The maximum Gasteiger partial charge on any atom is 0.255 e. The number of likely N-dealkylation sites (N-methyl/N-ethyl adjacent to an activating group) is 1. The van der Waals surface area contributed by atoms with Crippen LogP contribution in [0.25, 0.3) is 0 Å². The van der Waals surface area contributed by atoms with Gasteiger partial charge in [-0.15, -0.1) is 0 Å². The molecular weight excluding hydrogens is 615 g/mol. The number of nitrogens with one attached hydrogen (secondary N) is 5. The number of halogens is 1. The fourth-order valence-corrected chi connectivity index (χ4v) is 6.20. The van der Waals surface area contributed by atoms with Crippen LogP contribution >= 0.6 is 0 Å². The van der Waals surface area contributed by atoms with Gasteiger partial charge in [0.25, 0.3) is 5.91 Å². The topological polar surface area (TPSA) is 173 Å². The van der Waals surface area contributed by atoms with Crippen LogP contribution in [0.3, 0.4) is 0 Å². The maximum atomic E-state index is 15.7. The van der Waals surface area contributed by atoms with Crippen molar-refractivity contribution in [2.75, 3.05) is 45.6 Å². The Hall–Kier alpha value is -3.84. The van der Waals surface area contributed by atoms with Crippen molar-refractivity contribution in [3.63, 3.8) is 0 Å². The minimum atomic E-state index is -1.10. The molecule has 1 heterocycles. The van der Waals surface area contributed by atoms with Gasteiger partial charge in [0.1, 0.15) is 17.9 Å². The fraction of sp³-hybridized carbons (Fsp3) is 0.629. The van der Waals surface area contributed by atoms with Gasteiger partial charge in [-0.25, -0.2) is 4.39 Å². The Morgan fingerprint density at radius 1 is 1.08 bits per heavy atom. The average molecular weight is 671 g/mol. The van der Waals surface area contributed by atoms with Gasteiger partial charge in [0.15, 0.2) is 0 Å². The summed E-state index contributed by atoms with van der Waals surface area (Å²) in [6.45, 7) is 11.4. The lowest BCUT2D eigenvalue weighted by molar-refractivity contribution is -0.138. The lowest BCUT2D eigenvalue weighted by Gasteiger charge is -2.36. The van der Waals surface area contributed by atoms with E-state index >= 15 is 4.39 Å². The van der Waals surface area contributed by atoms with Crippen LogP contribution in [-0.4, -0.2) is 97.0 Å². The largest absolute Gasteiger partial charge is 0.393 e. The monoisotopic (exact) mass is 670 g/mol. The van der Waals surface area contributed by atoms with Gasteiger partial charge in [-0.3, -0.25) is 19.2 Å². The van der Waals surface area contributed by atoms with E-state index < -0.39 is 41.2 Å². The molecule has 0 aromatic heterocycles. The van der Waals surface area contributed by atoms with E-state index in [2.05, 4.69) is 33.1 Å². The number of rotatable bonds is 13. The van der Waals surface area contributed by atoms with Crippen LogP contribution in [0, 0.1) is 23.1 Å². The Bertz CT molecular complexity index is 1360. The molecule has 2 aliphatic rings. The third-order valence-electron chi connectivity index (χ3n) is 9.54. The molecule has 2 fully saturated rings. The molecule has 1 aliphatic heterocycles. The first-order chi connectivity index (χ1) is 22.6. The number of hydrogen-bond acceptors (Lipinski definition) is 8. The van der Waals surface area contributed by atoms with Gasteiger partial charge in [-0.2, -0.15) is 0 Å². The highest BCUT2D eigenvalue weighted by Gasteiger charge is 2.36. The molecule has 0 spiro atoms. The first-order valence-electron chi connectivity index (χ1n) is 17.0. The normalized spacial score (nSPS) is 21.0. The molecule has 266 valence electrons. The van der Waals surface area contributed by atoms with Crippen molar-refractivity contribution in [2.24, 2.45) is 17.6 Å². The third kappa shape index (κ3) is 10.1. The van der Waals surface area contributed by atoms with Crippen LogP contribution in [0.15, 0.2) is 30.0 Å². The standard InChI is InChI=1S/C35H55FN8O4/c1-8-28(45)41-29(34(48)44-17-15-43(7)16-18-44)22(3)24-13-14-27(26(36)19-24)40-33(47)30(23-11-9-21(2)10-12-23)42-32(46)25(20-39-6)31(37)35(4,5)38/h13-14,19-23,29-30,37,39H,8-12,15-18,38H2,1-7H3,(H,40,47)(H,41,45)(H,42,46)/b25-20+,37-31?/t21-,22-,23-,29+,30-/m0/s1. The van der Waals surface area contributed by atoms with Gasteiger partial charge in [0, 0.05) is 51.8 Å². The van der Waals surface area contributed by atoms with Crippen LogP contribution in [-0.2, 0) is 19.2 Å². The SMILES string of the molecule is CCC(=O)N[C@@H](C(=O)N1CCN(C)CC1)[C@@H](C)c1ccc(NC(=O)[C@@H](NC(=O)/C(=C/NC)C(=N)C(C)(C)N)[C@H]2CC[C@H](C)CC2)c(F)c1. The van der Waals surface area contributed by atoms with E-state index in [-0.39, 0.29) is 41.1 Å². The van der Waals surface area contributed by atoms with Gasteiger partial charge in [0.2, 0.25) is 17.7 Å². The van der Waals surface area contributed by atoms with Gasteiger partial charge in [-0.05, 0) is 63.3 Å². The summed E-state index contributed by atoms with van der Waals surface area (Å²) in [6.07, 6.45) is 4.77. The van der Waals surface area contributed by atoms with Crippen molar-refractivity contribution in [1.29, 1.82) is 5.41 Å². The zero-order chi connectivity index (χ0) is 35.8. The molecule has 1 aliphatic carbocycles. The minimum absolute atomic E-state index is 0.00679. The molecule has 3 rings (SSSR count). The Morgan fingerprint density at radius 2 is 1.71 bits per heavy atom. The molecular formula is C35H55FN8O4. The smallest absolute Gasteiger partial charge is 0.255 e. The third-order valence-corrected chi connectivity index (χ3v) is 9.54. The molecule has 0 bridgehead atoms. The molecule has 1 aromatic rings. The van der Waals surface area contributed by atoms with Gasteiger partial charge >= 0.3 is 0 Å². The Kier molecular flexibility index (Phi) is 13.7. The number of amides is 4. The molecule has 1 aromatic carbocycles. The summed E-state index contributed by atoms with van der Waals surface area (Å²) in [5.74, 6) is -2.63. The zero-order valence-corrected chi connectivity index (χ0v) is 29.5. The van der Waals surface area contributed by atoms with E-state index in [1.807, 2.05) is 7.05 Å². The molecule has 0 unspecified atom stereocenters. The number of nitrogens with zero attached hydrogens (tertiary/aromatic N) is 2. The first-order valence-corrected chi connectivity index (χ1v) is 17.0. The van der Waals surface area contributed by atoms with Gasteiger partial charge in [-0.1, -0.05) is 39.7 Å². The van der Waals surface area contributed by atoms with E-state index in [1.54, 1.807) is 45.7 Å². The lowest BCUT2D eigenvalue weighted by atomic mass is 9.78. The number of piperazine rings is 1. The predicted molar refractivity (Wildman–Crippen MR) is 186 cm³/mol. The fourth-order valence-electron chi connectivity index (χ4n) is 6.20. The van der Waals surface area contributed by atoms with E-state index in [0.29, 0.717) is 37.4 Å². The van der Waals surface area contributed by atoms with E-state index in [9.17, 15) is 19.2 Å². The highest BCUT2D eigenvalue weighted by atomic mass is 19.1. The van der Waals surface area contributed by atoms with Crippen molar-refractivity contribution >= 4 is 35.0 Å². The molecule has 3 atom stereocenters. The molecule has 12 nitrogen and oxygen atoms in total. The van der Waals surface area contributed by atoms with Crippen LogP contribution < -0.4 is 27.0 Å². The summed E-state index contributed by atoms with van der Waals surface area (Å²) < 4.78 is 15.7. The number of nitrogens with two attached hydrogens (primary N) is 1. The number of benzene rings is 1. The number of carbonyl (C=O) groups excluding carboxylic acids is 4. The molecule has 1 saturated heterocycles. The number of carbonyl (C=O) groups is 4. The van der Waals surface area contributed by atoms with Crippen molar-refractivity contribution in [3.8, 4) is 0 Å². The molecule has 0 radical (unpaired) electrons. The highest BCUT2D eigenvalue weighted by Crippen LogP contribution is 2.32. The van der Waals surface area contributed by atoms with Crippen LogP contribution in [0.5, 0.6) is 0 Å². The quantitative estimate of drug-likeness (QED) is 0.138. The van der Waals surface area contributed by atoms with Crippen molar-refractivity contribution in [3.05, 3.63) is 41.4 Å². The second-order valence-corrected chi connectivity index (χ2v) is 14.0. The van der Waals surface area contributed by atoms with Gasteiger partial charge < -0.3 is 42.2 Å². The van der Waals surface area contributed by atoms with Crippen molar-refractivity contribution in [1.82, 2.24) is 25.8 Å². The second kappa shape index (κ2) is 17.0. The van der Waals surface area contributed by atoms with E-state index in [1.165, 1.54) is 18.3 Å². The van der Waals surface area contributed by atoms with E-state index in [0.717, 1.165) is 25.9 Å². The minimum Gasteiger partial charge on any atom is -0.393 e.